The van der Waals surface area contributed by atoms with Crippen molar-refractivity contribution < 1.29 is 14.1 Å². The van der Waals surface area contributed by atoms with Crippen LogP contribution in [-0.2, 0) is 0 Å². The Morgan fingerprint density at radius 1 is 1.14 bits per heavy atom. The highest BCUT2D eigenvalue weighted by atomic mass is 32.1. The number of thiophene rings is 1. The number of nitrogens with one attached hydrogen (secondary N) is 2. The molecule has 0 saturated carbocycles. The number of pyridine rings is 1. The van der Waals surface area contributed by atoms with Gasteiger partial charge in [0.15, 0.2) is 11.5 Å². The van der Waals surface area contributed by atoms with E-state index in [0.29, 0.717) is 11.3 Å². The molecule has 22 heavy (non-hydrogen) atoms. The SMILES string of the molecule is O=C(NNC(=O)c1cc(-c2cccs2)on1)c1cccnc1. The fourth-order valence-electron chi connectivity index (χ4n) is 1.66. The minimum Gasteiger partial charge on any atom is -0.355 e. The summed E-state index contributed by atoms with van der Waals surface area (Å²) in [5, 5.41) is 5.57. The van der Waals surface area contributed by atoms with Crippen LogP contribution in [0.3, 0.4) is 0 Å². The van der Waals surface area contributed by atoms with Gasteiger partial charge in [0.05, 0.1) is 10.4 Å². The largest absolute Gasteiger partial charge is 0.355 e. The molecule has 7 nitrogen and oxygen atoms in total. The van der Waals surface area contributed by atoms with Crippen molar-refractivity contribution in [2.45, 2.75) is 0 Å². The number of aromatic nitrogens is 2. The van der Waals surface area contributed by atoms with E-state index in [4.69, 9.17) is 4.52 Å². The van der Waals surface area contributed by atoms with Gasteiger partial charge in [-0.1, -0.05) is 11.2 Å². The van der Waals surface area contributed by atoms with E-state index in [-0.39, 0.29) is 5.69 Å². The fraction of sp³-hybridized carbons (Fsp3) is 0. The highest BCUT2D eigenvalue weighted by molar-refractivity contribution is 7.13. The van der Waals surface area contributed by atoms with E-state index in [2.05, 4.69) is 21.0 Å². The Balaban J connectivity index is 1.62. The Morgan fingerprint density at radius 3 is 2.73 bits per heavy atom. The first-order valence-electron chi connectivity index (χ1n) is 6.25. The molecule has 0 aromatic carbocycles. The quantitative estimate of drug-likeness (QED) is 0.719. The minimum atomic E-state index is -0.566. The number of hydrogen-bond acceptors (Lipinski definition) is 6. The monoisotopic (exact) mass is 314 g/mol. The molecule has 0 unspecified atom stereocenters. The summed E-state index contributed by atoms with van der Waals surface area (Å²) in [6.45, 7) is 0. The molecule has 0 aliphatic rings. The predicted molar refractivity (Wildman–Crippen MR) is 79.0 cm³/mol. The summed E-state index contributed by atoms with van der Waals surface area (Å²) in [6.07, 6.45) is 2.95. The summed E-state index contributed by atoms with van der Waals surface area (Å²) in [5.41, 5.74) is 4.97. The summed E-state index contributed by atoms with van der Waals surface area (Å²) in [5.74, 6) is -0.536. The predicted octanol–water partition coefficient (Wildman–Crippen LogP) is 1.87. The smallest absolute Gasteiger partial charge is 0.291 e. The van der Waals surface area contributed by atoms with Crippen molar-refractivity contribution >= 4 is 23.2 Å². The third-order valence-corrected chi connectivity index (χ3v) is 3.60. The molecule has 2 amide bonds. The van der Waals surface area contributed by atoms with Crippen LogP contribution in [0.5, 0.6) is 0 Å². The van der Waals surface area contributed by atoms with Gasteiger partial charge in [-0.25, -0.2) is 0 Å². The first-order chi connectivity index (χ1) is 10.7. The van der Waals surface area contributed by atoms with Crippen LogP contribution >= 0.6 is 11.3 Å². The van der Waals surface area contributed by atoms with E-state index in [9.17, 15) is 9.59 Å². The van der Waals surface area contributed by atoms with Gasteiger partial charge < -0.3 is 4.52 Å². The molecule has 0 spiro atoms. The molecular weight excluding hydrogens is 304 g/mol. The zero-order valence-corrected chi connectivity index (χ0v) is 12.0. The summed E-state index contributed by atoms with van der Waals surface area (Å²) in [6, 6.07) is 8.45. The topological polar surface area (TPSA) is 97.1 Å². The van der Waals surface area contributed by atoms with Crippen LogP contribution in [0, 0.1) is 0 Å². The van der Waals surface area contributed by atoms with Crippen LogP contribution in [-0.4, -0.2) is 22.0 Å². The molecule has 0 aliphatic carbocycles. The molecule has 0 fully saturated rings. The third-order valence-electron chi connectivity index (χ3n) is 2.72. The van der Waals surface area contributed by atoms with Gasteiger partial charge >= 0.3 is 0 Å². The Labute approximate surface area is 128 Å². The van der Waals surface area contributed by atoms with Gasteiger partial charge in [0.25, 0.3) is 11.8 Å². The maximum atomic E-state index is 11.9. The number of amides is 2. The van der Waals surface area contributed by atoms with Crippen molar-refractivity contribution in [3.8, 4) is 10.6 Å². The van der Waals surface area contributed by atoms with Crippen molar-refractivity contribution in [3.63, 3.8) is 0 Å². The van der Waals surface area contributed by atoms with Crippen molar-refractivity contribution in [2.24, 2.45) is 0 Å². The second kappa shape index (κ2) is 6.19. The summed E-state index contributed by atoms with van der Waals surface area (Å²) in [7, 11) is 0. The van der Waals surface area contributed by atoms with Gasteiger partial charge in [-0.05, 0) is 23.6 Å². The molecule has 3 aromatic rings. The second-order valence-corrected chi connectivity index (χ2v) is 5.15. The number of nitrogens with zero attached hydrogens (tertiary/aromatic N) is 2. The molecule has 3 rings (SSSR count). The lowest BCUT2D eigenvalue weighted by Gasteiger charge is -2.04. The molecule has 0 radical (unpaired) electrons. The standard InChI is InChI=1S/C14H10N4O3S/c19-13(9-3-1-5-15-8-9)16-17-14(20)10-7-11(21-18-10)12-4-2-6-22-12/h1-8H,(H,16,19)(H,17,20). The minimum absolute atomic E-state index is 0.0786. The van der Waals surface area contributed by atoms with Crippen molar-refractivity contribution in [2.75, 3.05) is 0 Å². The summed E-state index contributed by atoms with van der Waals surface area (Å²) >= 11 is 1.47. The normalized spacial score (nSPS) is 10.2. The lowest BCUT2D eigenvalue weighted by Crippen LogP contribution is -2.41. The number of carbonyl (C=O) groups excluding carboxylic acids is 2. The molecule has 2 N–H and O–H groups in total. The summed E-state index contributed by atoms with van der Waals surface area (Å²) in [4.78, 5) is 28.4. The lowest BCUT2D eigenvalue weighted by molar-refractivity contribution is 0.0841. The molecule has 0 aliphatic heterocycles. The van der Waals surface area contributed by atoms with Gasteiger partial charge in [0.1, 0.15) is 0 Å². The van der Waals surface area contributed by atoms with Gasteiger partial charge in [-0.15, -0.1) is 11.3 Å². The van der Waals surface area contributed by atoms with Crippen LogP contribution in [0.2, 0.25) is 0 Å². The Bertz CT molecular complexity index is 784. The van der Waals surface area contributed by atoms with Crippen LogP contribution in [0.4, 0.5) is 0 Å². The molecule has 0 atom stereocenters. The molecule has 0 saturated heterocycles. The zero-order valence-electron chi connectivity index (χ0n) is 11.1. The Morgan fingerprint density at radius 2 is 2.00 bits per heavy atom. The first kappa shape index (κ1) is 14.0. The molecule has 0 bridgehead atoms. The highest BCUT2D eigenvalue weighted by Crippen LogP contribution is 2.24. The fourth-order valence-corrected chi connectivity index (χ4v) is 2.34. The van der Waals surface area contributed by atoms with Gasteiger partial charge in [0.2, 0.25) is 0 Å². The maximum absolute atomic E-state index is 11.9. The third kappa shape index (κ3) is 3.01. The van der Waals surface area contributed by atoms with Gasteiger partial charge in [-0.2, -0.15) is 0 Å². The van der Waals surface area contributed by atoms with E-state index in [0.717, 1.165) is 4.88 Å². The average Bonchev–Trinajstić information content (AvgIpc) is 3.23. The molecule has 8 heteroatoms. The number of carbonyl (C=O) groups is 2. The van der Waals surface area contributed by atoms with Crippen molar-refractivity contribution in [3.05, 3.63) is 59.4 Å². The molecule has 3 aromatic heterocycles. The molecule has 110 valence electrons. The van der Waals surface area contributed by atoms with Crippen LogP contribution in [0.25, 0.3) is 10.6 Å². The van der Waals surface area contributed by atoms with Crippen LogP contribution in [0.1, 0.15) is 20.8 Å². The van der Waals surface area contributed by atoms with Crippen molar-refractivity contribution in [1.29, 1.82) is 0 Å². The van der Waals surface area contributed by atoms with E-state index < -0.39 is 11.8 Å². The van der Waals surface area contributed by atoms with Crippen molar-refractivity contribution in [1.82, 2.24) is 21.0 Å². The average molecular weight is 314 g/mol. The van der Waals surface area contributed by atoms with E-state index in [1.54, 1.807) is 18.3 Å². The number of hydrogen-bond donors (Lipinski definition) is 2. The van der Waals surface area contributed by atoms with Crippen LogP contribution in [0.15, 0.2) is 52.6 Å². The Kier molecular flexibility index (Phi) is 3.92. The van der Waals surface area contributed by atoms with E-state index in [1.165, 1.54) is 23.6 Å². The highest BCUT2D eigenvalue weighted by Gasteiger charge is 2.15. The van der Waals surface area contributed by atoms with E-state index >= 15 is 0 Å². The van der Waals surface area contributed by atoms with E-state index in [1.807, 2.05) is 17.5 Å². The van der Waals surface area contributed by atoms with Crippen LogP contribution < -0.4 is 10.9 Å². The maximum Gasteiger partial charge on any atom is 0.291 e. The second-order valence-electron chi connectivity index (χ2n) is 4.20. The van der Waals surface area contributed by atoms with Gasteiger partial charge in [0, 0.05) is 18.5 Å². The molecule has 3 heterocycles. The zero-order chi connectivity index (χ0) is 15.4. The number of rotatable bonds is 3. The lowest BCUT2D eigenvalue weighted by atomic mass is 10.3. The Hall–Kier alpha value is -3.00. The number of hydrazine groups is 1. The van der Waals surface area contributed by atoms with Gasteiger partial charge in [-0.3, -0.25) is 25.4 Å². The summed E-state index contributed by atoms with van der Waals surface area (Å²) < 4.78 is 5.10. The first-order valence-corrected chi connectivity index (χ1v) is 7.13. The molecular formula is C14H10N4O3S.